The number of hydrogen-bond donors (Lipinski definition) is 8. The monoisotopic (exact) mass is 477 g/mol. The zero-order valence-corrected chi connectivity index (χ0v) is 20.0. The molecule has 0 aromatic heterocycles. The molecular weight excluding hydrogens is 434 g/mol. The van der Waals surface area contributed by atoms with Gasteiger partial charge in [-0.05, 0) is 47.2 Å². The lowest BCUT2D eigenvalue weighted by Gasteiger charge is -2.50. The van der Waals surface area contributed by atoms with Crippen LogP contribution >= 0.6 is 0 Å². The van der Waals surface area contributed by atoms with Crippen molar-refractivity contribution in [2.24, 2.45) is 17.2 Å². The Kier molecular flexibility index (Phi) is 9.09. The van der Waals surface area contributed by atoms with Crippen LogP contribution in [-0.2, 0) is 18.9 Å². The number of nitrogens with two attached hydrogens (primary N) is 3. The second-order valence-corrected chi connectivity index (χ2v) is 9.87. The topological polar surface area (TPSA) is 200 Å². The minimum atomic E-state index is -1.29. The first-order chi connectivity index (χ1) is 15.5. The maximum atomic E-state index is 11.1. The Bertz CT molecular complexity index is 636. The molecule has 1 saturated carbocycles. The lowest BCUT2D eigenvalue weighted by Crippen LogP contribution is -2.69. The molecule has 2 heterocycles. The largest absolute Gasteiger partial charge is 0.389 e. The Balaban J connectivity index is 1.68. The third kappa shape index (κ3) is 5.68. The fourth-order valence-corrected chi connectivity index (χ4v) is 5.05. The van der Waals surface area contributed by atoms with E-state index in [1.807, 2.05) is 20.9 Å². The second-order valence-electron chi connectivity index (χ2n) is 9.87. The summed E-state index contributed by atoms with van der Waals surface area (Å²) in [5.74, 6) is 0. The SMILES string of the molecule is CN[C@@H]1[C@@H](O)[C@@H](O[C@H]2[C@H](O)[C@@H](O)[C@H](N)C[C@@H]2N)OC[C@@]1(C)O[C@H]1O[C@H]([C@@H](C)NC)CC[C@H]1N. The molecule has 0 amide bonds. The van der Waals surface area contributed by atoms with Crippen LogP contribution < -0.4 is 27.8 Å². The second kappa shape index (κ2) is 11.1. The van der Waals surface area contributed by atoms with Gasteiger partial charge in [-0.1, -0.05) is 0 Å². The summed E-state index contributed by atoms with van der Waals surface area (Å²) in [6.45, 7) is 3.93. The van der Waals surface area contributed by atoms with Gasteiger partial charge in [0.15, 0.2) is 12.6 Å². The highest BCUT2D eigenvalue weighted by atomic mass is 16.7. The highest BCUT2D eigenvalue weighted by molar-refractivity contribution is 5.02. The molecule has 0 spiro atoms. The Morgan fingerprint density at radius 2 is 1.67 bits per heavy atom. The molecule has 12 heteroatoms. The van der Waals surface area contributed by atoms with Crippen LogP contribution in [0.3, 0.4) is 0 Å². The van der Waals surface area contributed by atoms with Gasteiger partial charge < -0.3 is 62.1 Å². The molecule has 3 rings (SSSR count). The van der Waals surface area contributed by atoms with E-state index < -0.39 is 60.7 Å². The van der Waals surface area contributed by atoms with Crippen LogP contribution in [0.5, 0.6) is 0 Å². The van der Waals surface area contributed by atoms with Crippen LogP contribution in [0.1, 0.15) is 33.1 Å². The fraction of sp³-hybridized carbons (Fsp3) is 1.00. The lowest BCUT2D eigenvalue weighted by molar-refractivity contribution is -0.332. The van der Waals surface area contributed by atoms with Crippen molar-refractivity contribution >= 4 is 0 Å². The van der Waals surface area contributed by atoms with Gasteiger partial charge in [-0.3, -0.25) is 0 Å². The zero-order chi connectivity index (χ0) is 24.5. The Morgan fingerprint density at radius 3 is 2.30 bits per heavy atom. The van der Waals surface area contributed by atoms with E-state index in [9.17, 15) is 15.3 Å². The van der Waals surface area contributed by atoms with E-state index in [-0.39, 0.29) is 31.2 Å². The number of hydrogen-bond acceptors (Lipinski definition) is 12. The molecule has 2 saturated heterocycles. The molecule has 3 fully saturated rings. The van der Waals surface area contributed by atoms with Crippen LogP contribution in [0.15, 0.2) is 0 Å². The molecule has 33 heavy (non-hydrogen) atoms. The van der Waals surface area contributed by atoms with Crippen molar-refractivity contribution in [3.05, 3.63) is 0 Å². The van der Waals surface area contributed by atoms with Gasteiger partial charge in [0.25, 0.3) is 0 Å². The summed E-state index contributed by atoms with van der Waals surface area (Å²) in [4.78, 5) is 0. The predicted octanol–water partition coefficient (Wildman–Crippen LogP) is -3.33. The van der Waals surface area contributed by atoms with E-state index in [2.05, 4.69) is 10.6 Å². The number of rotatable bonds is 7. The van der Waals surface area contributed by atoms with Crippen LogP contribution in [0, 0.1) is 0 Å². The summed E-state index contributed by atoms with van der Waals surface area (Å²) < 4.78 is 24.2. The van der Waals surface area contributed by atoms with E-state index >= 15 is 0 Å². The Hall–Kier alpha value is -0.480. The van der Waals surface area contributed by atoms with Gasteiger partial charge in [-0.15, -0.1) is 0 Å². The molecule has 13 atom stereocenters. The molecule has 0 bridgehead atoms. The summed E-state index contributed by atoms with van der Waals surface area (Å²) in [7, 11) is 3.58. The molecule has 0 unspecified atom stereocenters. The zero-order valence-electron chi connectivity index (χ0n) is 20.0. The molecule has 11 N–H and O–H groups in total. The minimum absolute atomic E-state index is 0.0472. The van der Waals surface area contributed by atoms with Gasteiger partial charge in [0.2, 0.25) is 0 Å². The van der Waals surface area contributed by atoms with Crippen LogP contribution in [0.2, 0.25) is 0 Å². The number of likely N-dealkylation sites (N-methyl/N-ethyl adjacent to an activating group) is 2. The van der Waals surface area contributed by atoms with Crippen molar-refractivity contribution in [1.82, 2.24) is 10.6 Å². The van der Waals surface area contributed by atoms with E-state index in [0.717, 1.165) is 12.8 Å². The van der Waals surface area contributed by atoms with E-state index in [0.29, 0.717) is 0 Å². The van der Waals surface area contributed by atoms with E-state index in [1.54, 1.807) is 7.05 Å². The minimum Gasteiger partial charge on any atom is -0.389 e. The highest BCUT2D eigenvalue weighted by Gasteiger charge is 2.52. The molecular formula is C21H43N5O7. The summed E-state index contributed by atoms with van der Waals surface area (Å²) in [5.41, 5.74) is 17.2. The molecule has 3 aliphatic rings. The third-order valence-electron chi connectivity index (χ3n) is 7.35. The van der Waals surface area contributed by atoms with E-state index in [1.165, 1.54) is 0 Å². The first-order valence-electron chi connectivity index (χ1n) is 11.8. The van der Waals surface area contributed by atoms with Gasteiger partial charge in [0.05, 0.1) is 30.9 Å². The number of aliphatic hydroxyl groups excluding tert-OH is 3. The van der Waals surface area contributed by atoms with Crippen LogP contribution in [0.4, 0.5) is 0 Å². The first-order valence-corrected chi connectivity index (χ1v) is 11.8. The standard InChI is InChI=1S/C21H43N5O7/c1-9(25-3)13-6-5-10(22)19(31-13)33-21(2)8-30-20(16(29)18(21)26-4)32-17-12(24)7-11(23)14(27)15(17)28/h9-20,25-29H,5-8,22-24H2,1-4H3/t9-,10-,11-,12+,13+,14+,15-,16-,17-,18-,19-,20-,21-/m1/s1. The highest BCUT2D eigenvalue weighted by Crippen LogP contribution is 2.34. The quantitative estimate of drug-likeness (QED) is 0.182. The van der Waals surface area contributed by atoms with Crippen LogP contribution in [0.25, 0.3) is 0 Å². The number of ether oxygens (including phenoxy) is 4. The lowest BCUT2D eigenvalue weighted by atomic mass is 9.84. The molecule has 0 aromatic carbocycles. The number of nitrogens with one attached hydrogen (secondary N) is 2. The van der Waals surface area contributed by atoms with Crippen molar-refractivity contribution < 1.29 is 34.3 Å². The fourth-order valence-electron chi connectivity index (χ4n) is 5.05. The van der Waals surface area contributed by atoms with Gasteiger partial charge >= 0.3 is 0 Å². The summed E-state index contributed by atoms with van der Waals surface area (Å²) in [6.07, 6.45) is -4.54. The van der Waals surface area contributed by atoms with Gasteiger partial charge in [0.1, 0.15) is 23.9 Å². The van der Waals surface area contributed by atoms with Crippen molar-refractivity contribution in [3.8, 4) is 0 Å². The van der Waals surface area contributed by atoms with Crippen molar-refractivity contribution in [2.45, 2.75) is 112 Å². The van der Waals surface area contributed by atoms with Gasteiger partial charge in [-0.25, -0.2) is 0 Å². The molecule has 2 aliphatic heterocycles. The molecule has 0 radical (unpaired) electrons. The van der Waals surface area contributed by atoms with Crippen molar-refractivity contribution in [3.63, 3.8) is 0 Å². The Morgan fingerprint density at radius 1 is 0.970 bits per heavy atom. The first kappa shape index (κ1) is 27.1. The smallest absolute Gasteiger partial charge is 0.185 e. The van der Waals surface area contributed by atoms with Crippen molar-refractivity contribution in [1.29, 1.82) is 0 Å². The Labute approximate surface area is 195 Å². The summed E-state index contributed by atoms with van der Waals surface area (Å²) >= 11 is 0. The van der Waals surface area contributed by atoms with Gasteiger partial charge in [-0.2, -0.15) is 0 Å². The summed E-state index contributed by atoms with van der Waals surface area (Å²) in [6, 6.07) is -2.04. The maximum Gasteiger partial charge on any atom is 0.185 e. The average molecular weight is 478 g/mol. The predicted molar refractivity (Wildman–Crippen MR) is 120 cm³/mol. The molecule has 1 aliphatic carbocycles. The van der Waals surface area contributed by atoms with E-state index in [4.69, 9.17) is 36.1 Å². The summed E-state index contributed by atoms with van der Waals surface area (Å²) in [5, 5.41) is 37.9. The normalized spacial score (nSPS) is 50.2. The van der Waals surface area contributed by atoms with Crippen LogP contribution in [-0.4, -0.2) is 115 Å². The number of aliphatic hydroxyl groups is 3. The molecule has 0 aromatic rings. The van der Waals surface area contributed by atoms with Crippen molar-refractivity contribution in [2.75, 3.05) is 20.7 Å². The van der Waals surface area contributed by atoms with Gasteiger partial charge in [0, 0.05) is 18.1 Å². The third-order valence-corrected chi connectivity index (χ3v) is 7.35. The molecule has 194 valence electrons. The maximum absolute atomic E-state index is 11.1. The average Bonchev–Trinajstić information content (AvgIpc) is 2.77. The molecule has 12 nitrogen and oxygen atoms in total.